The third kappa shape index (κ3) is 7.33. The zero-order chi connectivity index (χ0) is 28.6. The summed E-state index contributed by atoms with van der Waals surface area (Å²) >= 11 is 0. The monoisotopic (exact) mass is 567 g/mol. The van der Waals surface area contributed by atoms with Crippen LogP contribution in [0.4, 0.5) is 36.3 Å². The Hall–Kier alpha value is -3.51. The Morgan fingerprint density at radius 3 is 2.23 bits per heavy atom. The number of hydrogen-bond donors (Lipinski definition) is 3. The summed E-state index contributed by atoms with van der Waals surface area (Å²) < 4.78 is 70.5. The van der Waals surface area contributed by atoms with E-state index < -0.39 is 36.9 Å². The van der Waals surface area contributed by atoms with Crippen molar-refractivity contribution in [2.45, 2.75) is 25.9 Å². The first-order valence-electron chi connectivity index (χ1n) is 11.9. The Balaban J connectivity index is 1.91. The Labute approximate surface area is 223 Å². The molecule has 1 unspecified atom stereocenters. The van der Waals surface area contributed by atoms with E-state index in [0.29, 0.717) is 17.4 Å². The van der Waals surface area contributed by atoms with Crippen LogP contribution in [0.1, 0.15) is 41.2 Å². The molecule has 0 aliphatic carbocycles. The highest BCUT2D eigenvalue weighted by atomic mass is 31.2. The first-order valence-corrected chi connectivity index (χ1v) is 13.5. The summed E-state index contributed by atoms with van der Waals surface area (Å²) in [6.45, 7) is 3.70. The van der Waals surface area contributed by atoms with E-state index in [9.17, 15) is 22.5 Å². The number of nitrogens with zero attached hydrogens (tertiary/aromatic N) is 2. The number of carbonyl (C=O) groups is 1. The average Bonchev–Trinajstić information content (AvgIpc) is 2.89. The number of amides is 1. The topological polar surface area (TPSA) is 124 Å². The normalized spacial score (nSPS) is 12.6. The van der Waals surface area contributed by atoms with Crippen LogP contribution in [-0.4, -0.2) is 43.2 Å². The van der Waals surface area contributed by atoms with Gasteiger partial charge in [-0.3, -0.25) is 9.36 Å². The highest BCUT2D eigenvalue weighted by Gasteiger charge is 2.37. The lowest BCUT2D eigenvalue weighted by Crippen LogP contribution is -2.20. The molecule has 0 saturated carbocycles. The van der Waals surface area contributed by atoms with E-state index in [1.807, 2.05) is 0 Å². The molecule has 0 bridgehead atoms. The lowest BCUT2D eigenvalue weighted by Gasteiger charge is -2.25. The molecule has 0 aliphatic heterocycles. The van der Waals surface area contributed by atoms with Crippen LogP contribution in [0, 0.1) is 0 Å². The van der Waals surface area contributed by atoms with E-state index in [1.165, 1.54) is 26.3 Å². The van der Waals surface area contributed by atoms with Crippen molar-refractivity contribution in [3.8, 4) is 0 Å². The molecule has 14 heteroatoms. The second-order valence-electron chi connectivity index (χ2n) is 7.91. The Morgan fingerprint density at radius 1 is 1.03 bits per heavy atom. The van der Waals surface area contributed by atoms with Crippen LogP contribution in [0.25, 0.3) is 0 Å². The first kappa shape index (κ1) is 30.0. The van der Waals surface area contributed by atoms with Gasteiger partial charge < -0.3 is 29.7 Å². The van der Waals surface area contributed by atoms with Crippen LogP contribution < -0.4 is 16.0 Å². The molecule has 39 heavy (non-hydrogen) atoms. The molecule has 0 fully saturated rings. The van der Waals surface area contributed by atoms with Crippen LogP contribution >= 0.6 is 7.60 Å². The van der Waals surface area contributed by atoms with Gasteiger partial charge >= 0.3 is 13.8 Å². The van der Waals surface area contributed by atoms with Crippen molar-refractivity contribution in [3.63, 3.8) is 0 Å². The number of alkyl halides is 3. The van der Waals surface area contributed by atoms with Gasteiger partial charge in [0.1, 0.15) is 11.4 Å². The summed E-state index contributed by atoms with van der Waals surface area (Å²) in [5, 5.41) is 7.91. The van der Waals surface area contributed by atoms with E-state index in [1.54, 1.807) is 50.2 Å². The lowest BCUT2D eigenvalue weighted by molar-refractivity contribution is -0.137. The van der Waals surface area contributed by atoms with Gasteiger partial charge in [-0.2, -0.15) is 18.2 Å². The molecule has 3 rings (SSSR count). The molecule has 210 valence electrons. The Bertz CT molecular complexity index is 1310. The third-order valence-electron chi connectivity index (χ3n) is 5.33. The number of halogens is 3. The summed E-state index contributed by atoms with van der Waals surface area (Å²) in [6.07, 6.45) is -4.11. The lowest BCUT2D eigenvalue weighted by atomic mass is 10.1. The summed E-state index contributed by atoms with van der Waals surface area (Å²) in [5.41, 5.74) is 0.110. The minimum atomic E-state index is -4.76. The average molecular weight is 568 g/mol. The number of anilines is 4. The van der Waals surface area contributed by atoms with E-state index >= 15 is 0 Å². The van der Waals surface area contributed by atoms with E-state index in [-0.39, 0.29) is 30.4 Å². The number of carbonyl (C=O) groups excluding carboxylic acids is 1. The van der Waals surface area contributed by atoms with Crippen molar-refractivity contribution in [3.05, 3.63) is 71.4 Å². The standard InChI is InChI=1S/C25H29F3N5O5P/c1-5-37-39(35,38-6-2)23(36-4)16-11-13-17(14-12-16)31-24-30-15-19(25(26,27)28)21(33-24)32-20-10-8-7-9-18(20)22(34)29-3/h7-15,23H,5-6H2,1-4H3,(H,29,34)(H2,30,31,32,33). The van der Waals surface area contributed by atoms with Crippen LogP contribution in [0.2, 0.25) is 0 Å². The first-order chi connectivity index (χ1) is 18.6. The number of aromatic nitrogens is 2. The van der Waals surface area contributed by atoms with Crippen molar-refractivity contribution in [2.24, 2.45) is 0 Å². The second-order valence-corrected chi connectivity index (χ2v) is 9.98. The van der Waals surface area contributed by atoms with Gasteiger partial charge in [-0.05, 0) is 43.7 Å². The summed E-state index contributed by atoms with van der Waals surface area (Å²) in [5.74, 6) is -2.13. The van der Waals surface area contributed by atoms with Gasteiger partial charge in [0.15, 0.2) is 5.85 Å². The van der Waals surface area contributed by atoms with Crippen LogP contribution in [0.5, 0.6) is 0 Å². The van der Waals surface area contributed by atoms with Crippen molar-refractivity contribution in [1.82, 2.24) is 15.3 Å². The summed E-state index contributed by atoms with van der Waals surface area (Å²) in [6, 6.07) is 12.5. The quantitative estimate of drug-likeness (QED) is 0.218. The third-order valence-corrected chi connectivity index (χ3v) is 7.65. The van der Waals surface area contributed by atoms with Gasteiger partial charge in [-0.15, -0.1) is 0 Å². The molecular weight excluding hydrogens is 538 g/mol. The number of para-hydroxylation sites is 1. The molecule has 0 radical (unpaired) electrons. The molecular formula is C25H29F3N5O5P. The number of methoxy groups -OCH3 is 1. The molecule has 2 aromatic carbocycles. The fourth-order valence-electron chi connectivity index (χ4n) is 3.64. The molecule has 1 atom stereocenters. The molecule has 10 nitrogen and oxygen atoms in total. The molecule has 0 saturated heterocycles. The predicted molar refractivity (Wildman–Crippen MR) is 140 cm³/mol. The predicted octanol–water partition coefficient (Wildman–Crippen LogP) is 6.25. The summed E-state index contributed by atoms with van der Waals surface area (Å²) in [4.78, 5) is 20.0. The molecule has 1 heterocycles. The second kappa shape index (κ2) is 13.0. The highest BCUT2D eigenvalue weighted by molar-refractivity contribution is 7.54. The van der Waals surface area contributed by atoms with Gasteiger partial charge in [0.2, 0.25) is 5.95 Å². The minimum absolute atomic E-state index is 0.131. The zero-order valence-corrected chi connectivity index (χ0v) is 22.6. The number of hydrogen-bond acceptors (Lipinski definition) is 9. The van der Waals surface area contributed by atoms with Gasteiger partial charge in [0, 0.05) is 26.0 Å². The Morgan fingerprint density at radius 2 is 1.67 bits per heavy atom. The van der Waals surface area contributed by atoms with Crippen LogP contribution in [-0.2, 0) is 24.5 Å². The highest BCUT2D eigenvalue weighted by Crippen LogP contribution is 2.61. The van der Waals surface area contributed by atoms with E-state index in [0.717, 1.165) is 0 Å². The molecule has 3 N–H and O–H groups in total. The number of ether oxygens (including phenoxy) is 1. The number of benzene rings is 2. The van der Waals surface area contributed by atoms with Crippen molar-refractivity contribution in [1.29, 1.82) is 0 Å². The smallest absolute Gasteiger partial charge is 0.364 e. The molecule has 0 spiro atoms. The fourth-order valence-corrected chi connectivity index (χ4v) is 5.50. The van der Waals surface area contributed by atoms with Crippen molar-refractivity contribution < 1.29 is 36.3 Å². The molecule has 1 amide bonds. The van der Waals surface area contributed by atoms with Crippen LogP contribution in [0.3, 0.4) is 0 Å². The maximum atomic E-state index is 13.7. The SMILES string of the molecule is CCOP(=O)(OCC)C(OC)c1ccc(Nc2ncc(C(F)(F)F)c(Nc3ccccc3C(=O)NC)n2)cc1. The number of rotatable bonds is 12. The largest absolute Gasteiger partial charge is 0.421 e. The Kier molecular flexibility index (Phi) is 10.0. The maximum Gasteiger partial charge on any atom is 0.421 e. The molecule has 3 aromatic rings. The van der Waals surface area contributed by atoms with Crippen molar-refractivity contribution in [2.75, 3.05) is 38.0 Å². The van der Waals surface area contributed by atoms with Gasteiger partial charge in [-0.25, -0.2) is 4.98 Å². The van der Waals surface area contributed by atoms with Crippen molar-refractivity contribution >= 4 is 36.6 Å². The number of nitrogens with one attached hydrogen (secondary N) is 3. The van der Waals surface area contributed by atoms with Gasteiger partial charge in [0.05, 0.1) is 24.5 Å². The fraction of sp³-hybridized carbons (Fsp3) is 0.320. The minimum Gasteiger partial charge on any atom is -0.364 e. The van der Waals surface area contributed by atoms with E-state index in [4.69, 9.17) is 13.8 Å². The van der Waals surface area contributed by atoms with Gasteiger partial charge in [-0.1, -0.05) is 24.3 Å². The summed E-state index contributed by atoms with van der Waals surface area (Å²) in [7, 11) is -0.819. The van der Waals surface area contributed by atoms with Crippen LogP contribution in [0.15, 0.2) is 54.7 Å². The zero-order valence-electron chi connectivity index (χ0n) is 21.7. The molecule has 1 aromatic heterocycles. The van der Waals surface area contributed by atoms with Gasteiger partial charge in [0.25, 0.3) is 5.91 Å². The van der Waals surface area contributed by atoms with E-state index in [2.05, 4.69) is 25.9 Å². The molecule has 0 aliphatic rings. The maximum absolute atomic E-state index is 13.7.